The van der Waals surface area contributed by atoms with Crippen LogP contribution in [0.5, 0.6) is 5.88 Å². The van der Waals surface area contributed by atoms with Crippen LogP contribution in [0.25, 0.3) is 22.3 Å². The summed E-state index contributed by atoms with van der Waals surface area (Å²) in [6.07, 6.45) is -2.52. The van der Waals surface area contributed by atoms with Crippen LogP contribution in [-0.4, -0.2) is 78.8 Å². The van der Waals surface area contributed by atoms with E-state index in [1.54, 1.807) is 41.5 Å². The second-order valence-electron chi connectivity index (χ2n) is 21.7. The average molecular weight is 979 g/mol. The third kappa shape index (κ3) is 10.2. The lowest BCUT2D eigenvalue weighted by atomic mass is 10.1. The molecule has 0 radical (unpaired) electrons. The summed E-state index contributed by atoms with van der Waals surface area (Å²) in [5.74, 6) is 0.0675. The molecule has 3 aliphatic rings. The molecule has 0 bridgehead atoms. The first kappa shape index (κ1) is 50.2. The number of anilines is 3. The molecule has 4 heterocycles. The van der Waals surface area contributed by atoms with Crippen molar-refractivity contribution < 1.29 is 41.5 Å². The second-order valence-corrected chi connectivity index (χ2v) is 30.5. The Morgan fingerprint density at radius 1 is 0.754 bits per heavy atom. The van der Waals surface area contributed by atoms with Crippen LogP contribution in [0, 0.1) is 0 Å². The molecule has 5 aromatic rings. The lowest BCUT2D eigenvalue weighted by Crippen LogP contribution is -2.65. The van der Waals surface area contributed by atoms with Crippen LogP contribution >= 0.6 is 0 Å². The Kier molecular flexibility index (Phi) is 14.0. The van der Waals surface area contributed by atoms with E-state index in [0.29, 0.717) is 17.3 Å². The Morgan fingerprint density at radius 2 is 1.36 bits per heavy atom. The lowest BCUT2D eigenvalue weighted by Gasteiger charge is -2.51. The molecule has 15 nitrogen and oxygen atoms in total. The number of hydrogen-bond acceptors (Lipinski definition) is 13. The van der Waals surface area contributed by atoms with E-state index in [4.69, 9.17) is 46.9 Å². The van der Waals surface area contributed by atoms with E-state index in [0.717, 1.165) is 17.7 Å². The third-order valence-corrected chi connectivity index (χ3v) is 23.2. The van der Waals surface area contributed by atoms with Crippen LogP contribution in [-0.2, 0) is 40.2 Å². The highest BCUT2D eigenvalue weighted by Crippen LogP contribution is 2.49. The van der Waals surface area contributed by atoms with Crippen molar-refractivity contribution in [1.29, 1.82) is 0 Å². The highest BCUT2D eigenvalue weighted by atomic mass is 28.5. The van der Waals surface area contributed by atoms with Crippen LogP contribution < -0.4 is 15.0 Å². The quantitative estimate of drug-likeness (QED) is 0.122. The molecule has 2 amide bonds. The van der Waals surface area contributed by atoms with Crippen LogP contribution in [0.1, 0.15) is 126 Å². The maximum atomic E-state index is 14.2. The maximum Gasteiger partial charge on any atom is 0.427 e. The molecule has 0 spiro atoms. The zero-order chi connectivity index (χ0) is 49.8. The standard InChI is InChI=1S/C52H70N6O9Si2/c1-31(2)68(32(3)4)62-30-42-41(66-69(67-68,33(5)6)34(7)8)28-43(63-42)57-45-44(54-47(57)53-38-24-25-40-37(27-38)26-36-22-18-19-23-39(36)40)46(61-29-35-20-16-15-17-21-35)56-48(55-45)58(49(59)64-51(9,10)11)50(60)65-52(12,13)14/h15-25,27,31-34,41-43H,26,28-30H2,1-14H3,(H,53,54)/t41-,42+,43+/m0/s1. The number of rotatable bonds is 11. The number of nitrogens with zero attached hydrogens (tertiary/aromatic N) is 5. The number of imide groups is 1. The van der Waals surface area contributed by atoms with Gasteiger partial charge in [-0.3, -0.25) is 4.57 Å². The number of fused-ring (bicyclic) bond motifs is 5. The lowest BCUT2D eigenvalue weighted by molar-refractivity contribution is -0.0539. The molecule has 2 fully saturated rings. The van der Waals surface area contributed by atoms with E-state index in [1.165, 1.54) is 22.3 Å². The summed E-state index contributed by atoms with van der Waals surface area (Å²) >= 11 is 0. The second kappa shape index (κ2) is 19.2. The molecule has 3 atom stereocenters. The fourth-order valence-corrected chi connectivity index (χ4v) is 20.9. The minimum Gasteiger partial charge on any atom is -0.471 e. The summed E-state index contributed by atoms with van der Waals surface area (Å²) in [7, 11) is -5.92. The molecule has 2 saturated heterocycles. The van der Waals surface area contributed by atoms with Crippen LogP contribution in [0.15, 0.2) is 72.8 Å². The molecule has 2 aromatic heterocycles. The van der Waals surface area contributed by atoms with E-state index in [1.807, 2.05) is 41.0 Å². The molecule has 17 heteroatoms. The van der Waals surface area contributed by atoms with E-state index in [-0.39, 0.29) is 58.4 Å². The Morgan fingerprint density at radius 3 is 1.99 bits per heavy atom. The monoisotopic (exact) mass is 978 g/mol. The van der Waals surface area contributed by atoms with Crippen molar-refractivity contribution >= 4 is 58.1 Å². The van der Waals surface area contributed by atoms with Crippen molar-refractivity contribution in [3.63, 3.8) is 0 Å². The van der Waals surface area contributed by atoms with Gasteiger partial charge in [-0.15, -0.1) is 4.90 Å². The number of amides is 2. The summed E-state index contributed by atoms with van der Waals surface area (Å²) in [5, 5.41) is 3.62. The summed E-state index contributed by atoms with van der Waals surface area (Å²) in [6, 6.07) is 24.4. The largest absolute Gasteiger partial charge is 0.471 e. The zero-order valence-electron chi connectivity index (χ0n) is 42.7. The SMILES string of the molecule is CC(C)[Si]1(C(C)C)OC[C@H]2O[C@@H](n3c(Nc4ccc5c(c4)Cc4ccccc4-5)nc4c(OCc5ccccc5)nc(N(C(=O)OC(C)(C)C)C(=O)OC(C)(C)C)nc43)C[C@@H]2O[Si](C(C)C)(C(C)C)O1. The first-order valence-electron chi connectivity index (χ1n) is 24.4. The minimum atomic E-state index is -3.03. The van der Waals surface area contributed by atoms with Crippen molar-refractivity contribution in [1.82, 2.24) is 19.5 Å². The summed E-state index contributed by atoms with van der Waals surface area (Å²) in [6.45, 7) is 28.2. The fourth-order valence-electron chi connectivity index (χ4n) is 9.72. The number of nitrogens with one attached hydrogen (secondary N) is 1. The van der Waals surface area contributed by atoms with Crippen LogP contribution in [0.2, 0.25) is 22.2 Å². The smallest absolute Gasteiger partial charge is 0.427 e. The predicted molar refractivity (Wildman–Crippen MR) is 271 cm³/mol. The van der Waals surface area contributed by atoms with Gasteiger partial charge < -0.3 is 37.2 Å². The Labute approximate surface area is 409 Å². The van der Waals surface area contributed by atoms with E-state index >= 15 is 0 Å². The number of imidazole rings is 1. The Balaban J connectivity index is 1.31. The number of ether oxygens (including phenoxy) is 4. The average Bonchev–Trinajstić information content (AvgIpc) is 3.93. The van der Waals surface area contributed by atoms with Gasteiger partial charge in [0.1, 0.15) is 30.1 Å². The third-order valence-electron chi connectivity index (χ3n) is 12.9. The van der Waals surface area contributed by atoms with Crippen molar-refractivity contribution in [3.05, 3.63) is 89.5 Å². The van der Waals surface area contributed by atoms with Gasteiger partial charge in [-0.05, 0) is 110 Å². The molecule has 2 aliphatic heterocycles. The van der Waals surface area contributed by atoms with Gasteiger partial charge in [-0.1, -0.05) is 116 Å². The van der Waals surface area contributed by atoms with Gasteiger partial charge >= 0.3 is 29.3 Å². The summed E-state index contributed by atoms with van der Waals surface area (Å²) in [5.41, 5.74) is 5.52. The minimum absolute atomic E-state index is 0.0230. The predicted octanol–water partition coefficient (Wildman–Crippen LogP) is 12.6. The topological polar surface area (TPSA) is 158 Å². The molecular formula is C52H70N6O9Si2. The molecule has 0 unspecified atom stereocenters. The number of carbonyl (C=O) groups excluding carboxylic acids is 2. The summed E-state index contributed by atoms with van der Waals surface area (Å²) in [4.78, 5) is 44.2. The number of aromatic nitrogens is 4. The van der Waals surface area contributed by atoms with Gasteiger partial charge in [0, 0.05) is 12.1 Å². The first-order valence-corrected chi connectivity index (χ1v) is 28.3. The van der Waals surface area contributed by atoms with Crippen molar-refractivity contribution in [3.8, 4) is 17.0 Å². The fraction of sp³-hybridized carbons (Fsp3) is 0.519. The Hall–Kier alpha value is -5.18. The maximum absolute atomic E-state index is 14.2. The van der Waals surface area contributed by atoms with Gasteiger partial charge in [0.15, 0.2) is 11.2 Å². The molecule has 1 N–H and O–H groups in total. The molecular weight excluding hydrogens is 909 g/mol. The molecule has 8 rings (SSSR count). The number of benzene rings is 3. The van der Waals surface area contributed by atoms with E-state index in [2.05, 4.69) is 97.1 Å². The van der Waals surface area contributed by atoms with Gasteiger partial charge in [0.05, 0.1) is 12.7 Å². The van der Waals surface area contributed by atoms with Gasteiger partial charge in [-0.2, -0.15) is 9.97 Å². The van der Waals surface area contributed by atoms with Gasteiger partial charge in [-0.25, -0.2) is 14.6 Å². The van der Waals surface area contributed by atoms with E-state index in [9.17, 15) is 9.59 Å². The van der Waals surface area contributed by atoms with Crippen molar-refractivity contribution in [2.75, 3.05) is 16.8 Å². The highest BCUT2D eigenvalue weighted by Gasteiger charge is 2.60. The van der Waals surface area contributed by atoms with Gasteiger partial charge in [0.25, 0.3) is 0 Å². The highest BCUT2D eigenvalue weighted by molar-refractivity contribution is 6.84. The summed E-state index contributed by atoms with van der Waals surface area (Å²) < 4.78 is 49.4. The molecule has 0 saturated carbocycles. The number of hydrogen-bond donors (Lipinski definition) is 1. The normalized spacial score (nSPS) is 19.8. The molecule has 370 valence electrons. The molecule has 3 aromatic carbocycles. The van der Waals surface area contributed by atoms with Crippen molar-refractivity contribution in [2.45, 2.75) is 168 Å². The van der Waals surface area contributed by atoms with Crippen LogP contribution in [0.3, 0.4) is 0 Å². The molecule has 1 aliphatic carbocycles. The van der Waals surface area contributed by atoms with Crippen molar-refractivity contribution in [2.24, 2.45) is 0 Å². The zero-order valence-corrected chi connectivity index (χ0v) is 44.7. The van der Waals surface area contributed by atoms with Gasteiger partial charge in [0.2, 0.25) is 17.8 Å². The van der Waals surface area contributed by atoms with Crippen LogP contribution in [0.4, 0.5) is 27.2 Å². The number of carbonyl (C=O) groups is 2. The Bertz CT molecular complexity index is 2630. The molecule has 69 heavy (non-hydrogen) atoms. The van der Waals surface area contributed by atoms with E-state index < -0.39 is 58.9 Å². The first-order chi connectivity index (χ1) is 32.5.